The topological polar surface area (TPSA) is 154 Å². The largest absolute Gasteiger partial charge is 0.476 e. The summed E-state index contributed by atoms with van der Waals surface area (Å²) < 4.78 is 21.2. The van der Waals surface area contributed by atoms with Crippen molar-refractivity contribution in [2.24, 2.45) is 0 Å². The van der Waals surface area contributed by atoms with Crippen LogP contribution in [0, 0.1) is 0 Å². The van der Waals surface area contributed by atoms with Gasteiger partial charge >= 0.3 is 5.97 Å². The molecule has 0 radical (unpaired) electrons. The van der Waals surface area contributed by atoms with Gasteiger partial charge in [-0.1, -0.05) is 6.07 Å². The Morgan fingerprint density at radius 1 is 0.724 bits per heavy atom. The number of hydrogen-bond donors (Lipinski definition) is 1. The van der Waals surface area contributed by atoms with Crippen molar-refractivity contribution in [3.8, 4) is 46.3 Å². The van der Waals surface area contributed by atoms with E-state index in [1.165, 1.54) is 25.0 Å². The Hall–Kier alpha value is -4.54. The van der Waals surface area contributed by atoms with Crippen molar-refractivity contribution in [3.63, 3.8) is 0 Å². The molecule has 1 N–H and O–H groups in total. The number of carbonyl (C=O) groups is 1. The predicted octanol–water partition coefficient (Wildman–Crippen LogP) is 3.40. The van der Waals surface area contributed by atoms with Crippen LogP contribution >= 0.6 is 0 Å². The van der Waals surface area contributed by atoms with Gasteiger partial charge in [0, 0.05) is 0 Å². The number of carboxylic acid groups (broad SMARTS) is 1. The third-order valence-corrected chi connectivity index (χ3v) is 3.79. The van der Waals surface area contributed by atoms with Crippen molar-refractivity contribution in [1.82, 2.24) is 24.9 Å². The minimum atomic E-state index is -1.20. The molecular weight excluding hydrogens is 382 g/mol. The third-order valence-electron chi connectivity index (χ3n) is 3.79. The summed E-state index contributed by atoms with van der Waals surface area (Å²) in [5, 5.41) is 8.93. The second-order valence-electron chi connectivity index (χ2n) is 5.66. The van der Waals surface area contributed by atoms with Gasteiger partial charge in [0.2, 0.25) is 23.6 Å². The van der Waals surface area contributed by atoms with E-state index in [0.29, 0.717) is 23.0 Å². The SMILES string of the molecule is O=C(O)c1coc(-c2coc(-c3cccc(-c4nc(-c5ncco5)co4)n3)n2)n1. The Morgan fingerprint density at radius 3 is 1.93 bits per heavy atom. The van der Waals surface area contributed by atoms with E-state index >= 15 is 0 Å². The summed E-state index contributed by atoms with van der Waals surface area (Å²) in [6.07, 6.45) is 6.69. The molecule has 0 aliphatic heterocycles. The van der Waals surface area contributed by atoms with Crippen LogP contribution in [0.5, 0.6) is 0 Å². The fourth-order valence-electron chi connectivity index (χ4n) is 2.49. The number of oxazole rings is 4. The molecule has 5 aromatic rings. The second kappa shape index (κ2) is 6.56. The number of nitrogens with zero attached hydrogens (tertiary/aromatic N) is 5. The number of aromatic carboxylic acids is 1. The van der Waals surface area contributed by atoms with Crippen molar-refractivity contribution in [2.45, 2.75) is 0 Å². The van der Waals surface area contributed by atoms with E-state index in [9.17, 15) is 4.79 Å². The van der Waals surface area contributed by atoms with Gasteiger partial charge in [-0.3, -0.25) is 0 Å². The van der Waals surface area contributed by atoms with E-state index in [4.69, 9.17) is 22.8 Å². The van der Waals surface area contributed by atoms with Crippen molar-refractivity contribution in [1.29, 1.82) is 0 Å². The highest BCUT2D eigenvalue weighted by atomic mass is 16.4. The van der Waals surface area contributed by atoms with E-state index in [1.807, 2.05) is 0 Å². The molecule has 5 aromatic heterocycles. The predicted molar refractivity (Wildman–Crippen MR) is 93.2 cm³/mol. The fraction of sp³-hybridized carbons (Fsp3) is 0. The van der Waals surface area contributed by atoms with Gasteiger partial charge in [0.05, 0.1) is 6.20 Å². The van der Waals surface area contributed by atoms with Crippen molar-refractivity contribution < 1.29 is 27.6 Å². The number of hydrogen-bond acceptors (Lipinski definition) is 10. The molecule has 5 rings (SSSR count). The molecule has 5 heterocycles. The fourth-order valence-corrected chi connectivity index (χ4v) is 2.49. The van der Waals surface area contributed by atoms with E-state index in [0.717, 1.165) is 6.26 Å². The molecule has 0 spiro atoms. The summed E-state index contributed by atoms with van der Waals surface area (Å²) in [6, 6.07) is 5.14. The molecule has 29 heavy (non-hydrogen) atoms. The maximum absolute atomic E-state index is 10.9. The number of rotatable bonds is 5. The van der Waals surface area contributed by atoms with Gasteiger partial charge in [0.1, 0.15) is 36.4 Å². The lowest BCUT2D eigenvalue weighted by molar-refractivity contribution is 0.0690. The maximum Gasteiger partial charge on any atom is 0.357 e. The lowest BCUT2D eigenvalue weighted by Crippen LogP contribution is -1.95. The van der Waals surface area contributed by atoms with E-state index in [2.05, 4.69) is 24.9 Å². The number of carboxylic acids is 1. The average molecular weight is 391 g/mol. The first-order valence-corrected chi connectivity index (χ1v) is 8.15. The number of pyridine rings is 1. The van der Waals surface area contributed by atoms with Gasteiger partial charge in [-0.25, -0.2) is 29.7 Å². The summed E-state index contributed by atoms with van der Waals surface area (Å²) in [4.78, 5) is 31.8. The zero-order valence-electron chi connectivity index (χ0n) is 14.3. The minimum Gasteiger partial charge on any atom is -0.476 e. The highest BCUT2D eigenvalue weighted by Gasteiger charge is 2.18. The van der Waals surface area contributed by atoms with Crippen LogP contribution in [0.2, 0.25) is 0 Å². The van der Waals surface area contributed by atoms with Gasteiger partial charge in [0.15, 0.2) is 17.1 Å². The molecule has 0 aliphatic carbocycles. The molecule has 0 atom stereocenters. The molecule has 0 aromatic carbocycles. The first kappa shape index (κ1) is 16.6. The van der Waals surface area contributed by atoms with Gasteiger partial charge in [-0.05, 0) is 12.1 Å². The van der Waals surface area contributed by atoms with Gasteiger partial charge in [0.25, 0.3) is 0 Å². The molecule has 0 bridgehead atoms. The molecule has 0 amide bonds. The van der Waals surface area contributed by atoms with Crippen LogP contribution < -0.4 is 0 Å². The molecule has 0 aliphatic rings. The molecule has 11 heteroatoms. The van der Waals surface area contributed by atoms with E-state index in [-0.39, 0.29) is 29.1 Å². The van der Waals surface area contributed by atoms with Gasteiger partial charge in [-0.2, -0.15) is 0 Å². The van der Waals surface area contributed by atoms with E-state index < -0.39 is 5.97 Å². The Morgan fingerprint density at radius 2 is 1.34 bits per heavy atom. The van der Waals surface area contributed by atoms with Crippen LogP contribution in [0.1, 0.15) is 10.5 Å². The zero-order valence-corrected chi connectivity index (χ0v) is 14.3. The molecular formula is C18H9N5O6. The summed E-state index contributed by atoms with van der Waals surface area (Å²) >= 11 is 0. The van der Waals surface area contributed by atoms with Crippen LogP contribution in [0.25, 0.3) is 46.3 Å². The molecule has 0 fully saturated rings. The van der Waals surface area contributed by atoms with Crippen LogP contribution in [-0.4, -0.2) is 36.0 Å². The van der Waals surface area contributed by atoms with Crippen molar-refractivity contribution in [3.05, 3.63) is 55.1 Å². The van der Waals surface area contributed by atoms with Gasteiger partial charge in [-0.15, -0.1) is 0 Å². The average Bonchev–Trinajstić information content (AvgIpc) is 3.54. The first-order chi connectivity index (χ1) is 14.2. The maximum atomic E-state index is 10.9. The quantitative estimate of drug-likeness (QED) is 0.468. The second-order valence-corrected chi connectivity index (χ2v) is 5.66. The normalized spacial score (nSPS) is 11.0. The van der Waals surface area contributed by atoms with Crippen molar-refractivity contribution in [2.75, 3.05) is 0 Å². The Kier molecular flexibility index (Phi) is 3.76. The van der Waals surface area contributed by atoms with E-state index in [1.54, 1.807) is 18.2 Å². The third kappa shape index (κ3) is 3.06. The highest BCUT2D eigenvalue weighted by Crippen LogP contribution is 2.26. The molecule has 0 unspecified atom stereocenters. The molecule has 0 saturated heterocycles. The summed E-state index contributed by atoms with van der Waals surface area (Å²) in [6.45, 7) is 0. The molecule has 11 nitrogen and oxygen atoms in total. The number of aromatic nitrogens is 5. The zero-order chi connectivity index (χ0) is 19.8. The summed E-state index contributed by atoms with van der Waals surface area (Å²) in [5.41, 5.74) is 1.31. The minimum absolute atomic E-state index is 0.0249. The Balaban J connectivity index is 1.44. The highest BCUT2D eigenvalue weighted by molar-refractivity contribution is 5.85. The summed E-state index contributed by atoms with van der Waals surface area (Å²) in [7, 11) is 0. The Labute approximate surface area is 160 Å². The standard InChI is InChI=1S/C18H9N5O6/c24-18(25)13-8-29-17(23-13)12-7-28-16(22-12)10-3-1-2-9(20-10)15-21-11(6-27-15)14-19-4-5-26-14/h1-8H,(H,24,25). The monoisotopic (exact) mass is 391 g/mol. The first-order valence-electron chi connectivity index (χ1n) is 8.15. The van der Waals surface area contributed by atoms with Crippen LogP contribution in [0.3, 0.4) is 0 Å². The van der Waals surface area contributed by atoms with Crippen LogP contribution in [0.4, 0.5) is 0 Å². The summed E-state index contributed by atoms with van der Waals surface area (Å²) in [5.74, 6) is -0.382. The molecule has 0 saturated carbocycles. The lowest BCUT2D eigenvalue weighted by Gasteiger charge is -1.97. The molecule has 142 valence electrons. The smallest absolute Gasteiger partial charge is 0.357 e. The van der Waals surface area contributed by atoms with Crippen LogP contribution in [-0.2, 0) is 0 Å². The van der Waals surface area contributed by atoms with Gasteiger partial charge < -0.3 is 22.8 Å². The van der Waals surface area contributed by atoms with Crippen molar-refractivity contribution >= 4 is 5.97 Å². The van der Waals surface area contributed by atoms with Crippen LogP contribution in [0.15, 0.2) is 67.1 Å². The lowest BCUT2D eigenvalue weighted by atomic mass is 10.3. The Bertz CT molecular complexity index is 1300.